The largest absolute Gasteiger partial charge is 0.271 e. The zero-order chi connectivity index (χ0) is 12.4. The minimum atomic E-state index is 0.929. The van der Waals surface area contributed by atoms with E-state index in [0.29, 0.717) is 0 Å². The van der Waals surface area contributed by atoms with Crippen molar-refractivity contribution in [2.24, 2.45) is 0 Å². The average molecular weight is 240 g/mol. The third-order valence-electron chi connectivity index (χ3n) is 3.30. The fourth-order valence-corrected chi connectivity index (χ4v) is 2.40. The molecule has 0 aliphatic heterocycles. The summed E-state index contributed by atoms with van der Waals surface area (Å²) in [4.78, 5) is 4.54. The van der Waals surface area contributed by atoms with Crippen LogP contribution < -0.4 is 0 Å². The SMILES string of the molecule is Cc1cnc(-n2cnnc2)c(C2=CCCCC2)c1. The summed E-state index contributed by atoms with van der Waals surface area (Å²) in [5.41, 5.74) is 3.81. The van der Waals surface area contributed by atoms with Crippen LogP contribution in [0.5, 0.6) is 0 Å². The van der Waals surface area contributed by atoms with Gasteiger partial charge < -0.3 is 0 Å². The van der Waals surface area contributed by atoms with E-state index < -0.39 is 0 Å². The Bertz CT molecular complexity index is 569. The van der Waals surface area contributed by atoms with Gasteiger partial charge in [0.05, 0.1) is 0 Å². The number of hydrogen-bond donors (Lipinski definition) is 0. The fourth-order valence-electron chi connectivity index (χ4n) is 2.40. The second kappa shape index (κ2) is 4.72. The lowest BCUT2D eigenvalue weighted by Crippen LogP contribution is -2.03. The van der Waals surface area contributed by atoms with E-state index in [1.165, 1.54) is 36.0 Å². The van der Waals surface area contributed by atoms with E-state index in [4.69, 9.17) is 0 Å². The first-order chi connectivity index (χ1) is 8.84. The molecule has 2 aromatic heterocycles. The number of hydrogen-bond acceptors (Lipinski definition) is 3. The fraction of sp³-hybridized carbons (Fsp3) is 0.357. The van der Waals surface area contributed by atoms with Crippen LogP contribution in [0.1, 0.15) is 36.8 Å². The van der Waals surface area contributed by atoms with Crippen molar-refractivity contribution in [2.75, 3.05) is 0 Å². The molecule has 2 aromatic rings. The maximum Gasteiger partial charge on any atom is 0.146 e. The first kappa shape index (κ1) is 11.1. The highest BCUT2D eigenvalue weighted by Crippen LogP contribution is 2.30. The Balaban J connectivity index is 2.11. The lowest BCUT2D eigenvalue weighted by atomic mass is 9.93. The van der Waals surface area contributed by atoms with E-state index in [2.05, 4.69) is 34.2 Å². The van der Waals surface area contributed by atoms with Crippen molar-refractivity contribution in [2.45, 2.75) is 32.6 Å². The second-order valence-corrected chi connectivity index (χ2v) is 4.73. The molecule has 3 rings (SSSR count). The summed E-state index contributed by atoms with van der Waals surface area (Å²) in [6.45, 7) is 2.08. The molecule has 0 fully saturated rings. The summed E-state index contributed by atoms with van der Waals surface area (Å²) in [5.74, 6) is 0.929. The van der Waals surface area contributed by atoms with Gasteiger partial charge in [-0.25, -0.2) is 4.98 Å². The van der Waals surface area contributed by atoms with Crippen LogP contribution in [0.4, 0.5) is 0 Å². The molecule has 4 nitrogen and oxygen atoms in total. The number of pyridine rings is 1. The van der Waals surface area contributed by atoms with Gasteiger partial charge in [-0.1, -0.05) is 6.08 Å². The molecule has 92 valence electrons. The van der Waals surface area contributed by atoms with Gasteiger partial charge in [-0.3, -0.25) is 4.57 Å². The van der Waals surface area contributed by atoms with Crippen LogP contribution in [-0.4, -0.2) is 19.7 Å². The van der Waals surface area contributed by atoms with Crippen molar-refractivity contribution in [1.82, 2.24) is 19.7 Å². The Morgan fingerprint density at radius 2 is 2.00 bits per heavy atom. The molecule has 0 saturated heterocycles. The summed E-state index contributed by atoms with van der Waals surface area (Å²) in [6.07, 6.45) is 12.5. The molecule has 2 heterocycles. The maximum atomic E-state index is 4.54. The summed E-state index contributed by atoms with van der Waals surface area (Å²) in [7, 11) is 0. The van der Waals surface area contributed by atoms with Gasteiger partial charge in [-0.15, -0.1) is 10.2 Å². The van der Waals surface area contributed by atoms with Crippen LogP contribution in [0.2, 0.25) is 0 Å². The van der Waals surface area contributed by atoms with Crippen LogP contribution >= 0.6 is 0 Å². The van der Waals surface area contributed by atoms with Crippen molar-refractivity contribution in [3.8, 4) is 5.82 Å². The molecule has 0 unspecified atom stereocenters. The Labute approximate surface area is 106 Å². The molecule has 4 heteroatoms. The molecule has 1 aliphatic rings. The van der Waals surface area contributed by atoms with Crippen molar-refractivity contribution >= 4 is 5.57 Å². The first-order valence-electron chi connectivity index (χ1n) is 6.35. The third kappa shape index (κ3) is 2.06. The Kier molecular flexibility index (Phi) is 2.92. The van der Waals surface area contributed by atoms with Crippen LogP contribution in [0.15, 0.2) is 31.0 Å². The van der Waals surface area contributed by atoms with Crippen molar-refractivity contribution in [3.05, 3.63) is 42.1 Å². The third-order valence-corrected chi connectivity index (χ3v) is 3.30. The lowest BCUT2D eigenvalue weighted by molar-refractivity contribution is 0.740. The van der Waals surface area contributed by atoms with Gasteiger partial charge in [0.2, 0.25) is 0 Å². The molecular formula is C14H16N4. The van der Waals surface area contributed by atoms with Gasteiger partial charge in [0.1, 0.15) is 18.5 Å². The lowest BCUT2D eigenvalue weighted by Gasteiger charge is -2.16. The summed E-state index contributed by atoms with van der Waals surface area (Å²) in [6, 6.07) is 2.21. The minimum absolute atomic E-state index is 0.929. The molecule has 0 bridgehead atoms. The zero-order valence-corrected chi connectivity index (χ0v) is 10.5. The molecule has 0 spiro atoms. The average Bonchev–Trinajstić information content (AvgIpc) is 2.93. The zero-order valence-electron chi connectivity index (χ0n) is 10.5. The molecule has 0 atom stereocenters. The Morgan fingerprint density at radius 1 is 1.17 bits per heavy atom. The van der Waals surface area contributed by atoms with Gasteiger partial charge in [0, 0.05) is 11.8 Å². The molecule has 0 radical (unpaired) electrons. The smallest absolute Gasteiger partial charge is 0.146 e. The highest BCUT2D eigenvalue weighted by molar-refractivity contribution is 5.71. The topological polar surface area (TPSA) is 43.6 Å². The molecule has 0 amide bonds. The van der Waals surface area contributed by atoms with E-state index in [1.54, 1.807) is 12.7 Å². The normalized spacial score (nSPS) is 15.5. The van der Waals surface area contributed by atoms with Crippen LogP contribution in [0.25, 0.3) is 11.4 Å². The molecule has 18 heavy (non-hydrogen) atoms. The number of nitrogens with zero attached hydrogens (tertiary/aromatic N) is 4. The number of rotatable bonds is 2. The van der Waals surface area contributed by atoms with E-state index in [1.807, 2.05) is 10.8 Å². The van der Waals surface area contributed by atoms with E-state index in [0.717, 1.165) is 12.2 Å². The number of aryl methyl sites for hydroxylation is 1. The Morgan fingerprint density at radius 3 is 2.72 bits per heavy atom. The highest BCUT2D eigenvalue weighted by Gasteiger charge is 2.13. The van der Waals surface area contributed by atoms with E-state index in [9.17, 15) is 0 Å². The van der Waals surface area contributed by atoms with Gasteiger partial charge in [-0.2, -0.15) is 0 Å². The molecular weight excluding hydrogens is 224 g/mol. The number of allylic oxidation sites excluding steroid dienone is 2. The summed E-state index contributed by atoms with van der Waals surface area (Å²) >= 11 is 0. The predicted molar refractivity (Wildman–Crippen MR) is 70.3 cm³/mol. The van der Waals surface area contributed by atoms with Crippen LogP contribution in [0, 0.1) is 6.92 Å². The molecule has 0 N–H and O–H groups in total. The van der Waals surface area contributed by atoms with Crippen molar-refractivity contribution < 1.29 is 0 Å². The van der Waals surface area contributed by atoms with Gasteiger partial charge in [0.15, 0.2) is 0 Å². The van der Waals surface area contributed by atoms with E-state index >= 15 is 0 Å². The van der Waals surface area contributed by atoms with Gasteiger partial charge >= 0.3 is 0 Å². The van der Waals surface area contributed by atoms with E-state index in [-0.39, 0.29) is 0 Å². The standard InChI is InChI=1S/C14H16N4/c1-11-7-13(12-5-3-2-4-6-12)14(15-8-11)18-9-16-17-10-18/h5,7-10H,2-4,6H2,1H3. The van der Waals surface area contributed by atoms with Gasteiger partial charge in [-0.05, 0) is 49.8 Å². The molecule has 0 saturated carbocycles. The second-order valence-electron chi connectivity index (χ2n) is 4.73. The Hall–Kier alpha value is -1.97. The monoisotopic (exact) mass is 240 g/mol. The van der Waals surface area contributed by atoms with Crippen LogP contribution in [0.3, 0.4) is 0 Å². The van der Waals surface area contributed by atoms with Crippen LogP contribution in [-0.2, 0) is 0 Å². The summed E-state index contributed by atoms with van der Waals surface area (Å²) in [5, 5.41) is 7.72. The van der Waals surface area contributed by atoms with Gasteiger partial charge in [0.25, 0.3) is 0 Å². The maximum absolute atomic E-state index is 4.54. The first-order valence-corrected chi connectivity index (χ1v) is 6.35. The quantitative estimate of drug-likeness (QED) is 0.810. The predicted octanol–water partition coefficient (Wildman–Crippen LogP) is 2.93. The number of aromatic nitrogens is 4. The summed E-state index contributed by atoms with van der Waals surface area (Å²) < 4.78 is 1.88. The molecule has 1 aliphatic carbocycles. The van der Waals surface area contributed by atoms with Crippen molar-refractivity contribution in [3.63, 3.8) is 0 Å². The minimum Gasteiger partial charge on any atom is -0.271 e. The molecule has 0 aromatic carbocycles. The van der Waals surface area contributed by atoms with Crippen molar-refractivity contribution in [1.29, 1.82) is 0 Å². The highest BCUT2D eigenvalue weighted by atomic mass is 15.2.